The summed E-state index contributed by atoms with van der Waals surface area (Å²) >= 11 is 1.43. The van der Waals surface area contributed by atoms with E-state index in [1.807, 2.05) is 11.9 Å². The van der Waals surface area contributed by atoms with Crippen LogP contribution in [0.25, 0.3) is 0 Å². The van der Waals surface area contributed by atoms with Crippen LogP contribution in [-0.2, 0) is 0 Å². The molecule has 0 bridgehead atoms. The fraction of sp³-hybridized carbons (Fsp3) is 0.733. The molecule has 3 rings (SSSR count). The molecule has 2 unspecified atom stereocenters. The molecule has 0 aromatic carbocycles. The summed E-state index contributed by atoms with van der Waals surface area (Å²) in [6, 6.07) is 0.431. The molecular formula is C15H24N4OS. The summed E-state index contributed by atoms with van der Waals surface area (Å²) in [5.41, 5.74) is 6.00. The Morgan fingerprint density at radius 1 is 1.43 bits per heavy atom. The van der Waals surface area contributed by atoms with Gasteiger partial charge in [0, 0.05) is 26.2 Å². The Labute approximate surface area is 130 Å². The van der Waals surface area contributed by atoms with Crippen molar-refractivity contribution in [2.24, 2.45) is 5.92 Å². The number of likely N-dealkylation sites (tertiary alicyclic amines) is 1. The van der Waals surface area contributed by atoms with Crippen molar-refractivity contribution in [2.45, 2.75) is 45.1 Å². The molecule has 2 fully saturated rings. The van der Waals surface area contributed by atoms with E-state index in [4.69, 9.17) is 5.73 Å². The first kappa shape index (κ1) is 14.6. The molecule has 1 aromatic heterocycles. The quantitative estimate of drug-likeness (QED) is 0.932. The van der Waals surface area contributed by atoms with Gasteiger partial charge in [-0.25, -0.2) is 4.98 Å². The van der Waals surface area contributed by atoms with E-state index < -0.39 is 0 Å². The fourth-order valence-corrected chi connectivity index (χ4v) is 4.53. The highest BCUT2D eigenvalue weighted by molar-refractivity contribution is 7.18. The van der Waals surface area contributed by atoms with Crippen LogP contribution in [0.15, 0.2) is 0 Å². The number of fused-ring (bicyclic) bond motifs is 1. The summed E-state index contributed by atoms with van der Waals surface area (Å²) in [6.07, 6.45) is 6.13. The minimum absolute atomic E-state index is 0.0927. The van der Waals surface area contributed by atoms with Gasteiger partial charge in [-0.3, -0.25) is 4.79 Å². The second kappa shape index (κ2) is 5.83. The van der Waals surface area contributed by atoms with Gasteiger partial charge < -0.3 is 15.5 Å². The number of nitrogen functional groups attached to an aromatic ring is 1. The molecule has 1 aromatic rings. The van der Waals surface area contributed by atoms with Crippen molar-refractivity contribution in [3.05, 3.63) is 4.88 Å². The van der Waals surface area contributed by atoms with E-state index in [1.54, 1.807) is 0 Å². The van der Waals surface area contributed by atoms with E-state index in [0.717, 1.165) is 31.1 Å². The van der Waals surface area contributed by atoms with E-state index in [1.165, 1.54) is 30.6 Å². The van der Waals surface area contributed by atoms with Crippen LogP contribution >= 0.6 is 11.3 Å². The third-order valence-corrected chi connectivity index (χ3v) is 6.08. The maximum Gasteiger partial charge on any atom is 0.268 e. The van der Waals surface area contributed by atoms with Gasteiger partial charge >= 0.3 is 0 Å². The highest BCUT2D eigenvalue weighted by Crippen LogP contribution is 2.38. The lowest BCUT2D eigenvalue weighted by molar-refractivity contribution is 0.0696. The van der Waals surface area contributed by atoms with Crippen molar-refractivity contribution in [2.75, 3.05) is 30.8 Å². The molecule has 1 aliphatic heterocycles. The number of thiazole rings is 1. The first-order valence-electron chi connectivity index (χ1n) is 7.90. The topological polar surface area (TPSA) is 62.5 Å². The van der Waals surface area contributed by atoms with E-state index >= 15 is 0 Å². The standard InChI is InChI=1S/C15H24N4OS/c1-3-18(2)15-17-13(16)12(21-15)14(20)19-9-8-10-6-4-5-7-11(10)19/h10-11H,3-9,16H2,1-2H3. The second-order valence-corrected chi connectivity index (χ2v) is 7.10. The lowest BCUT2D eigenvalue weighted by Crippen LogP contribution is -2.39. The van der Waals surface area contributed by atoms with Crippen LogP contribution in [0.2, 0.25) is 0 Å². The number of hydrogen-bond acceptors (Lipinski definition) is 5. The number of nitrogens with two attached hydrogens (primary N) is 1. The summed E-state index contributed by atoms with van der Waals surface area (Å²) in [6.45, 7) is 3.80. The predicted molar refractivity (Wildman–Crippen MR) is 86.9 cm³/mol. The number of nitrogens with zero attached hydrogens (tertiary/aromatic N) is 3. The highest BCUT2D eigenvalue weighted by Gasteiger charge is 2.39. The summed E-state index contributed by atoms with van der Waals surface area (Å²) in [4.78, 5) is 21.9. The number of anilines is 2. The summed E-state index contributed by atoms with van der Waals surface area (Å²) in [7, 11) is 1.97. The summed E-state index contributed by atoms with van der Waals surface area (Å²) < 4.78 is 0. The SMILES string of the molecule is CCN(C)c1nc(N)c(C(=O)N2CCC3CCCCC32)s1. The predicted octanol–water partition coefficient (Wildman–Crippen LogP) is 2.59. The third-order valence-electron chi connectivity index (χ3n) is 4.91. The summed E-state index contributed by atoms with van der Waals surface area (Å²) in [5, 5.41) is 0.831. The fourth-order valence-electron chi connectivity index (χ4n) is 3.56. The molecule has 1 saturated carbocycles. The molecule has 0 radical (unpaired) electrons. The maximum absolute atomic E-state index is 12.8. The monoisotopic (exact) mass is 308 g/mol. The Hall–Kier alpha value is -1.30. The van der Waals surface area contributed by atoms with Crippen LogP contribution in [0.5, 0.6) is 0 Å². The Kier molecular flexibility index (Phi) is 4.06. The van der Waals surface area contributed by atoms with Gasteiger partial charge in [-0.05, 0) is 32.1 Å². The Bertz CT molecular complexity index is 530. The second-order valence-electron chi connectivity index (χ2n) is 6.12. The molecule has 5 nitrogen and oxygen atoms in total. The van der Waals surface area contributed by atoms with E-state index in [-0.39, 0.29) is 5.91 Å². The largest absolute Gasteiger partial charge is 0.382 e. The first-order valence-corrected chi connectivity index (χ1v) is 8.72. The van der Waals surface area contributed by atoms with Crippen LogP contribution in [0.4, 0.5) is 10.9 Å². The third kappa shape index (κ3) is 2.61. The number of carbonyl (C=O) groups is 1. The Balaban J connectivity index is 1.80. The Morgan fingerprint density at radius 2 is 2.19 bits per heavy atom. The van der Waals surface area contributed by atoms with Crippen LogP contribution in [-0.4, -0.2) is 42.0 Å². The first-order chi connectivity index (χ1) is 10.1. The minimum atomic E-state index is 0.0927. The van der Waals surface area contributed by atoms with Crippen molar-refractivity contribution < 1.29 is 4.79 Å². The van der Waals surface area contributed by atoms with Crippen LogP contribution in [0, 0.1) is 5.92 Å². The van der Waals surface area contributed by atoms with Gasteiger partial charge in [0.2, 0.25) is 0 Å². The minimum Gasteiger partial charge on any atom is -0.382 e. The molecule has 2 aliphatic rings. The molecule has 21 heavy (non-hydrogen) atoms. The van der Waals surface area contributed by atoms with Crippen molar-refractivity contribution in [3.63, 3.8) is 0 Å². The van der Waals surface area contributed by atoms with Gasteiger partial charge in [0.15, 0.2) is 5.13 Å². The van der Waals surface area contributed by atoms with Crippen molar-refractivity contribution >= 4 is 28.2 Å². The Morgan fingerprint density at radius 3 is 2.95 bits per heavy atom. The van der Waals surface area contributed by atoms with Gasteiger partial charge in [-0.2, -0.15) is 0 Å². The average molecular weight is 308 g/mol. The van der Waals surface area contributed by atoms with Crippen molar-refractivity contribution in [1.29, 1.82) is 0 Å². The number of rotatable bonds is 3. The summed E-state index contributed by atoms with van der Waals surface area (Å²) in [5.74, 6) is 1.18. The highest BCUT2D eigenvalue weighted by atomic mass is 32.1. The zero-order chi connectivity index (χ0) is 15.0. The molecule has 1 amide bonds. The van der Waals surface area contributed by atoms with Crippen LogP contribution in [0.3, 0.4) is 0 Å². The smallest absolute Gasteiger partial charge is 0.268 e. The molecule has 2 atom stereocenters. The van der Waals surface area contributed by atoms with Crippen LogP contribution in [0.1, 0.15) is 48.7 Å². The van der Waals surface area contributed by atoms with E-state index in [2.05, 4.69) is 16.8 Å². The zero-order valence-electron chi connectivity index (χ0n) is 12.8. The van der Waals surface area contributed by atoms with Gasteiger partial charge in [0.25, 0.3) is 5.91 Å². The van der Waals surface area contributed by atoms with Crippen molar-refractivity contribution in [1.82, 2.24) is 9.88 Å². The van der Waals surface area contributed by atoms with Gasteiger partial charge in [0.1, 0.15) is 10.7 Å². The molecule has 1 saturated heterocycles. The van der Waals surface area contributed by atoms with Crippen molar-refractivity contribution in [3.8, 4) is 0 Å². The zero-order valence-corrected chi connectivity index (χ0v) is 13.7. The van der Waals surface area contributed by atoms with Gasteiger partial charge in [-0.1, -0.05) is 24.2 Å². The molecule has 116 valence electrons. The van der Waals surface area contributed by atoms with E-state index in [9.17, 15) is 4.79 Å². The van der Waals surface area contributed by atoms with Crippen LogP contribution < -0.4 is 10.6 Å². The molecular weight excluding hydrogens is 284 g/mol. The number of hydrogen-bond donors (Lipinski definition) is 1. The molecule has 6 heteroatoms. The molecule has 2 N–H and O–H groups in total. The van der Waals surface area contributed by atoms with E-state index in [0.29, 0.717) is 22.7 Å². The molecule has 1 aliphatic carbocycles. The van der Waals surface area contributed by atoms with Gasteiger partial charge in [-0.15, -0.1) is 0 Å². The normalized spacial score (nSPS) is 25.0. The number of aromatic nitrogens is 1. The number of carbonyl (C=O) groups excluding carboxylic acids is 1. The molecule has 2 heterocycles. The average Bonchev–Trinajstić information content (AvgIpc) is 3.09. The lowest BCUT2D eigenvalue weighted by Gasteiger charge is -2.31. The molecule has 0 spiro atoms. The van der Waals surface area contributed by atoms with Gasteiger partial charge in [0.05, 0.1) is 0 Å². The lowest BCUT2D eigenvalue weighted by atomic mass is 9.85. The maximum atomic E-state index is 12.8. The number of amides is 1.